The minimum absolute atomic E-state index is 0.359. The van der Waals surface area contributed by atoms with Crippen molar-refractivity contribution in [3.05, 3.63) is 0 Å². The van der Waals surface area contributed by atoms with Gasteiger partial charge in [0.2, 0.25) is 0 Å². The van der Waals surface area contributed by atoms with Crippen molar-refractivity contribution in [3.8, 4) is 0 Å². The summed E-state index contributed by atoms with van der Waals surface area (Å²) in [6.07, 6.45) is 12.1. The lowest BCUT2D eigenvalue weighted by molar-refractivity contribution is -0.143. The van der Waals surface area contributed by atoms with Gasteiger partial charge in [0.1, 0.15) is 0 Å². The molecule has 0 aromatic heterocycles. The lowest BCUT2D eigenvalue weighted by atomic mass is 9.50. The van der Waals surface area contributed by atoms with E-state index in [2.05, 4.69) is 0 Å². The zero-order valence-electron chi connectivity index (χ0n) is 15.8. The highest BCUT2D eigenvalue weighted by Crippen LogP contribution is 2.60. The molecule has 4 rings (SSSR count). The Morgan fingerprint density at radius 1 is 1.08 bits per heavy atom. The first kappa shape index (κ1) is 19.2. The van der Waals surface area contributed by atoms with Gasteiger partial charge in [-0.3, -0.25) is 4.79 Å². The number of aliphatic hydroxyl groups excluding tert-OH is 1. The Morgan fingerprint density at radius 3 is 2.20 bits per heavy atom. The van der Waals surface area contributed by atoms with E-state index in [0.29, 0.717) is 18.3 Å². The van der Waals surface area contributed by atoms with Crippen molar-refractivity contribution in [2.24, 2.45) is 29.1 Å². The Labute approximate surface area is 152 Å². The molecule has 2 atom stereocenters. The van der Waals surface area contributed by atoms with Crippen LogP contribution in [-0.4, -0.2) is 35.5 Å². The Hall–Kier alpha value is -0.610. The Kier molecular flexibility index (Phi) is 6.43. The first-order chi connectivity index (χ1) is 12.0. The zero-order valence-corrected chi connectivity index (χ0v) is 15.8. The van der Waals surface area contributed by atoms with Crippen LogP contribution in [0.1, 0.15) is 77.6 Å². The van der Waals surface area contributed by atoms with Crippen molar-refractivity contribution >= 4 is 5.97 Å². The van der Waals surface area contributed by atoms with Crippen molar-refractivity contribution in [1.82, 2.24) is 0 Å². The Balaban J connectivity index is 1.27. The lowest BCUT2D eigenvalue weighted by Crippen LogP contribution is -2.48. The molecular weight excluding hydrogens is 316 g/mol. The molecule has 0 aliphatic heterocycles. The molecule has 25 heavy (non-hydrogen) atoms. The van der Waals surface area contributed by atoms with E-state index >= 15 is 0 Å². The number of carbonyl (C=O) groups is 1. The van der Waals surface area contributed by atoms with Gasteiger partial charge in [-0.05, 0) is 87.9 Å². The van der Waals surface area contributed by atoms with E-state index in [1.807, 2.05) is 0 Å². The molecule has 4 nitrogen and oxygen atoms in total. The number of rotatable bonds is 11. The van der Waals surface area contributed by atoms with E-state index < -0.39 is 18.0 Å². The minimum Gasteiger partial charge on any atom is -0.481 e. The van der Waals surface area contributed by atoms with Gasteiger partial charge in [0.15, 0.2) is 0 Å². The Bertz CT molecular complexity index is 410. The van der Waals surface area contributed by atoms with Crippen LogP contribution >= 0.6 is 0 Å². The fourth-order valence-corrected chi connectivity index (χ4v) is 6.28. The predicted molar refractivity (Wildman–Crippen MR) is 97.3 cm³/mol. The van der Waals surface area contributed by atoms with Gasteiger partial charge in [0, 0.05) is 6.61 Å². The van der Waals surface area contributed by atoms with Gasteiger partial charge in [0.25, 0.3) is 0 Å². The van der Waals surface area contributed by atoms with Crippen molar-refractivity contribution in [1.29, 1.82) is 0 Å². The van der Waals surface area contributed by atoms with Gasteiger partial charge < -0.3 is 14.9 Å². The summed E-state index contributed by atoms with van der Waals surface area (Å²) >= 11 is 0. The van der Waals surface area contributed by atoms with E-state index in [1.165, 1.54) is 38.5 Å². The highest BCUT2D eigenvalue weighted by atomic mass is 16.5. The third-order valence-corrected chi connectivity index (χ3v) is 6.89. The van der Waals surface area contributed by atoms with Gasteiger partial charge in [-0.1, -0.05) is 12.8 Å². The monoisotopic (exact) mass is 352 g/mol. The first-order valence-corrected chi connectivity index (χ1v) is 10.4. The molecule has 1 unspecified atom stereocenters. The average molecular weight is 353 g/mol. The van der Waals surface area contributed by atoms with Crippen LogP contribution < -0.4 is 0 Å². The largest absolute Gasteiger partial charge is 0.481 e. The molecule has 0 spiro atoms. The number of ether oxygens (including phenoxy) is 1. The molecule has 0 aromatic carbocycles. The van der Waals surface area contributed by atoms with Crippen LogP contribution in [0, 0.1) is 29.1 Å². The van der Waals surface area contributed by atoms with E-state index in [1.54, 1.807) is 6.92 Å². The summed E-state index contributed by atoms with van der Waals surface area (Å²) in [7, 11) is 0. The van der Waals surface area contributed by atoms with Crippen LogP contribution in [-0.2, 0) is 9.53 Å². The molecule has 4 aliphatic carbocycles. The molecule has 2 N–H and O–H groups in total. The van der Waals surface area contributed by atoms with Crippen LogP contribution in [0.25, 0.3) is 0 Å². The topological polar surface area (TPSA) is 66.8 Å². The fraction of sp³-hybridized carbons (Fsp3) is 0.952. The lowest BCUT2D eigenvalue weighted by Gasteiger charge is -2.56. The minimum atomic E-state index is -0.779. The maximum Gasteiger partial charge on any atom is 0.306 e. The molecule has 144 valence electrons. The van der Waals surface area contributed by atoms with Crippen LogP contribution in [0.15, 0.2) is 0 Å². The number of aliphatic hydroxyl groups is 1. The van der Waals surface area contributed by atoms with Gasteiger partial charge in [-0.25, -0.2) is 0 Å². The first-order valence-electron chi connectivity index (χ1n) is 10.4. The summed E-state index contributed by atoms with van der Waals surface area (Å²) in [6.45, 7) is 3.43. The second kappa shape index (κ2) is 8.39. The molecule has 4 heteroatoms. The van der Waals surface area contributed by atoms with Crippen LogP contribution in [0.3, 0.4) is 0 Å². The average Bonchev–Trinajstić information content (AvgIpc) is 2.50. The van der Waals surface area contributed by atoms with Crippen LogP contribution in [0.2, 0.25) is 0 Å². The number of hydrogen-bond acceptors (Lipinski definition) is 3. The van der Waals surface area contributed by atoms with Crippen molar-refractivity contribution < 1.29 is 19.7 Å². The van der Waals surface area contributed by atoms with Gasteiger partial charge >= 0.3 is 5.97 Å². The van der Waals surface area contributed by atoms with Gasteiger partial charge in [-0.15, -0.1) is 0 Å². The maximum atomic E-state index is 11.2. The third kappa shape index (κ3) is 5.19. The van der Waals surface area contributed by atoms with E-state index in [4.69, 9.17) is 4.74 Å². The van der Waals surface area contributed by atoms with E-state index in [-0.39, 0.29) is 0 Å². The zero-order chi connectivity index (χ0) is 17.9. The highest BCUT2D eigenvalue weighted by Gasteiger charge is 2.50. The predicted octanol–water partition coefficient (Wildman–Crippen LogP) is 4.25. The second-order valence-electron chi connectivity index (χ2n) is 9.44. The summed E-state index contributed by atoms with van der Waals surface area (Å²) in [5.41, 5.74) is 0.500. The standard InChI is InChI=1S/C21H36O4/c1-15(22)7-19(20(23)24)5-3-2-4-6-25-14-21-11-16-8-17(12-21)10-18(9-16)13-21/h15-19,22H,2-14H2,1H3,(H,23,24)/t15?,16?,17?,18?,19-,21?/m0/s1. The molecule has 0 radical (unpaired) electrons. The van der Waals surface area contributed by atoms with E-state index in [9.17, 15) is 15.0 Å². The van der Waals surface area contributed by atoms with Gasteiger partial charge in [0.05, 0.1) is 18.6 Å². The highest BCUT2D eigenvalue weighted by molar-refractivity contribution is 5.69. The Morgan fingerprint density at radius 2 is 1.68 bits per heavy atom. The fourth-order valence-electron chi connectivity index (χ4n) is 6.28. The molecule has 4 bridgehead atoms. The molecular formula is C21H36O4. The summed E-state index contributed by atoms with van der Waals surface area (Å²) < 4.78 is 6.08. The van der Waals surface area contributed by atoms with Crippen molar-refractivity contribution in [3.63, 3.8) is 0 Å². The SMILES string of the molecule is CC(O)C[C@H](CCCCCOCC12CC3CC(CC(C3)C1)C2)C(=O)O. The molecule has 4 aliphatic rings. The summed E-state index contributed by atoms with van der Waals surface area (Å²) in [5.74, 6) is 1.76. The number of hydrogen-bond donors (Lipinski definition) is 2. The second-order valence-corrected chi connectivity index (χ2v) is 9.44. The summed E-state index contributed by atoms with van der Waals surface area (Å²) in [5, 5.41) is 18.6. The van der Waals surface area contributed by atoms with Crippen LogP contribution in [0.4, 0.5) is 0 Å². The van der Waals surface area contributed by atoms with Gasteiger partial charge in [-0.2, -0.15) is 0 Å². The molecule has 4 saturated carbocycles. The van der Waals surface area contributed by atoms with Crippen LogP contribution in [0.5, 0.6) is 0 Å². The molecule has 0 aromatic rings. The third-order valence-electron chi connectivity index (χ3n) is 6.89. The summed E-state index contributed by atoms with van der Waals surface area (Å²) in [4.78, 5) is 11.2. The molecule has 0 heterocycles. The number of carboxylic acids is 1. The molecule has 4 fully saturated rings. The molecule has 0 saturated heterocycles. The smallest absolute Gasteiger partial charge is 0.306 e. The van der Waals surface area contributed by atoms with E-state index in [0.717, 1.165) is 50.2 Å². The summed E-state index contributed by atoms with van der Waals surface area (Å²) in [6, 6.07) is 0. The number of carboxylic acid groups (broad SMARTS) is 1. The number of aliphatic carboxylic acids is 1. The maximum absolute atomic E-state index is 11.2. The normalized spacial score (nSPS) is 35.7. The quantitative estimate of drug-likeness (QED) is 0.546. The van der Waals surface area contributed by atoms with Crippen molar-refractivity contribution in [2.45, 2.75) is 83.7 Å². The van der Waals surface area contributed by atoms with Crippen molar-refractivity contribution in [2.75, 3.05) is 13.2 Å². The number of unbranched alkanes of at least 4 members (excludes halogenated alkanes) is 2. The molecule has 0 amide bonds.